The molecule has 2 aromatic rings. The zero-order valence-corrected chi connectivity index (χ0v) is 15.2. The number of ether oxygens (including phenoxy) is 1. The number of carboxylic acid groups (broad SMARTS) is 1. The van der Waals surface area contributed by atoms with Crippen molar-refractivity contribution >= 4 is 39.3 Å². The number of carbonyl (C=O) groups excluding carboxylic acids is 1. The first-order valence-electron chi connectivity index (χ1n) is 7.56. The van der Waals surface area contributed by atoms with Crippen LogP contribution in [0.2, 0.25) is 0 Å². The van der Waals surface area contributed by atoms with Crippen LogP contribution in [0, 0.1) is 12.8 Å². The van der Waals surface area contributed by atoms with Crippen LogP contribution in [0.3, 0.4) is 0 Å². The molecule has 130 valence electrons. The van der Waals surface area contributed by atoms with Gasteiger partial charge in [-0.2, -0.15) is 0 Å². The average Bonchev–Trinajstić information content (AvgIpc) is 2.82. The highest BCUT2D eigenvalue weighted by atomic mass is 32.1. The molecule has 0 saturated carbocycles. The fourth-order valence-corrected chi connectivity index (χ4v) is 3.06. The number of rotatable bonds is 6. The topological polar surface area (TPSA) is 101 Å². The van der Waals surface area contributed by atoms with Gasteiger partial charge in [0, 0.05) is 0 Å². The Morgan fingerprint density at radius 2 is 2.04 bits per heavy atom. The maximum Gasteiger partial charge on any atom is 0.348 e. The summed E-state index contributed by atoms with van der Waals surface area (Å²) in [6, 6.07) is 0. The molecule has 0 aliphatic heterocycles. The molecule has 0 saturated heterocycles. The van der Waals surface area contributed by atoms with E-state index in [2.05, 4.69) is 15.3 Å². The summed E-state index contributed by atoms with van der Waals surface area (Å²) in [5.74, 6) is -0.757. The number of thiophene rings is 1. The number of aryl methyl sites for hydroxylation is 1. The van der Waals surface area contributed by atoms with E-state index in [0.717, 1.165) is 0 Å². The Labute approximate surface area is 144 Å². The Bertz CT molecular complexity index is 783. The number of nitrogens with one attached hydrogen (secondary N) is 1. The first kappa shape index (κ1) is 18.1. The molecule has 0 aromatic carbocycles. The normalized spacial score (nSPS) is 11.8. The van der Waals surface area contributed by atoms with Gasteiger partial charge in [0.2, 0.25) is 0 Å². The number of hydrogen-bond donors (Lipinski definition) is 2. The van der Waals surface area contributed by atoms with Crippen LogP contribution in [0.4, 0.5) is 5.82 Å². The van der Waals surface area contributed by atoms with Crippen LogP contribution in [-0.2, 0) is 9.53 Å². The Kier molecular flexibility index (Phi) is 5.08. The molecule has 2 heterocycles. The summed E-state index contributed by atoms with van der Waals surface area (Å²) in [5.41, 5.74) is -0.512. The van der Waals surface area contributed by atoms with Gasteiger partial charge in [0.15, 0.2) is 0 Å². The molecular formula is C16H21N3O4S. The Morgan fingerprint density at radius 3 is 2.62 bits per heavy atom. The second-order valence-corrected chi connectivity index (χ2v) is 7.51. The lowest BCUT2D eigenvalue weighted by atomic mass is 10.1. The molecule has 8 heteroatoms. The van der Waals surface area contributed by atoms with Crippen molar-refractivity contribution in [2.24, 2.45) is 5.92 Å². The van der Waals surface area contributed by atoms with E-state index < -0.39 is 17.5 Å². The molecule has 24 heavy (non-hydrogen) atoms. The molecule has 0 fully saturated rings. The number of aliphatic carboxylic acids is 1. The fraction of sp³-hybridized carbons (Fsp3) is 0.500. The number of carbonyl (C=O) groups is 2. The zero-order valence-electron chi connectivity index (χ0n) is 14.3. The summed E-state index contributed by atoms with van der Waals surface area (Å²) in [6.07, 6.45) is 1.35. The predicted molar refractivity (Wildman–Crippen MR) is 92.6 cm³/mol. The van der Waals surface area contributed by atoms with Crippen molar-refractivity contribution in [3.05, 3.63) is 16.8 Å². The SMILES string of the molecule is Cc1c(C(=O)OCC(C)C)sc2ncnc(NC(C)(C)C(=O)O)c12. The Balaban J connectivity index is 2.43. The van der Waals surface area contributed by atoms with Gasteiger partial charge in [-0.1, -0.05) is 13.8 Å². The lowest BCUT2D eigenvalue weighted by Gasteiger charge is -2.22. The van der Waals surface area contributed by atoms with Gasteiger partial charge in [-0.3, -0.25) is 0 Å². The molecule has 2 aromatic heterocycles. The van der Waals surface area contributed by atoms with E-state index in [-0.39, 0.29) is 5.92 Å². The van der Waals surface area contributed by atoms with Gasteiger partial charge in [0.05, 0.1) is 12.0 Å². The third-order valence-electron chi connectivity index (χ3n) is 3.43. The molecule has 0 unspecified atom stereocenters. The smallest absolute Gasteiger partial charge is 0.348 e. The molecule has 0 aliphatic rings. The Hall–Kier alpha value is -2.22. The molecule has 0 amide bonds. The van der Waals surface area contributed by atoms with Gasteiger partial charge >= 0.3 is 11.9 Å². The van der Waals surface area contributed by atoms with Gasteiger partial charge in [0.1, 0.15) is 27.4 Å². The largest absolute Gasteiger partial charge is 0.480 e. The van der Waals surface area contributed by atoms with Crippen LogP contribution >= 0.6 is 11.3 Å². The lowest BCUT2D eigenvalue weighted by Crippen LogP contribution is -2.40. The highest BCUT2D eigenvalue weighted by Gasteiger charge is 2.29. The van der Waals surface area contributed by atoms with Crippen LogP contribution in [0.15, 0.2) is 6.33 Å². The highest BCUT2D eigenvalue weighted by molar-refractivity contribution is 7.20. The van der Waals surface area contributed by atoms with Crippen molar-refractivity contribution in [1.29, 1.82) is 0 Å². The molecule has 0 spiro atoms. The van der Waals surface area contributed by atoms with Crippen LogP contribution in [0.5, 0.6) is 0 Å². The van der Waals surface area contributed by atoms with Crippen LogP contribution in [-0.4, -0.2) is 39.2 Å². The van der Waals surface area contributed by atoms with E-state index in [4.69, 9.17) is 4.74 Å². The second-order valence-electron chi connectivity index (χ2n) is 6.51. The first-order valence-corrected chi connectivity index (χ1v) is 8.38. The Morgan fingerprint density at radius 1 is 1.38 bits per heavy atom. The monoisotopic (exact) mass is 351 g/mol. The number of fused-ring (bicyclic) bond motifs is 1. The lowest BCUT2D eigenvalue weighted by molar-refractivity contribution is -0.141. The summed E-state index contributed by atoms with van der Waals surface area (Å²) in [7, 11) is 0. The van der Waals surface area contributed by atoms with E-state index in [1.807, 2.05) is 13.8 Å². The number of esters is 1. The van der Waals surface area contributed by atoms with Crippen molar-refractivity contribution in [3.8, 4) is 0 Å². The van der Waals surface area contributed by atoms with E-state index in [0.29, 0.717) is 33.1 Å². The van der Waals surface area contributed by atoms with Crippen LogP contribution in [0.1, 0.15) is 42.9 Å². The van der Waals surface area contributed by atoms with Crippen molar-refractivity contribution in [3.63, 3.8) is 0 Å². The molecular weight excluding hydrogens is 330 g/mol. The molecule has 2 rings (SSSR count). The highest BCUT2D eigenvalue weighted by Crippen LogP contribution is 2.34. The van der Waals surface area contributed by atoms with Gasteiger partial charge in [0.25, 0.3) is 0 Å². The van der Waals surface area contributed by atoms with Crippen molar-refractivity contribution in [2.75, 3.05) is 11.9 Å². The second kappa shape index (κ2) is 6.72. The summed E-state index contributed by atoms with van der Waals surface area (Å²) >= 11 is 1.22. The molecule has 0 aliphatic carbocycles. The van der Waals surface area contributed by atoms with Gasteiger partial charge < -0.3 is 15.2 Å². The minimum absolute atomic E-state index is 0.247. The summed E-state index contributed by atoms with van der Waals surface area (Å²) in [5, 5.41) is 12.8. The summed E-state index contributed by atoms with van der Waals surface area (Å²) in [4.78, 5) is 33.0. The van der Waals surface area contributed by atoms with Gasteiger partial charge in [-0.15, -0.1) is 11.3 Å². The first-order chi connectivity index (χ1) is 11.1. The summed E-state index contributed by atoms with van der Waals surface area (Å²) < 4.78 is 5.29. The number of carboxylic acids is 1. The zero-order chi connectivity index (χ0) is 18.1. The third-order valence-corrected chi connectivity index (χ3v) is 4.61. The molecule has 7 nitrogen and oxygen atoms in total. The standard InChI is InChI=1S/C16H21N3O4S/c1-8(2)6-23-14(20)11-9(3)10-12(17-7-18-13(10)24-11)19-16(4,5)15(21)22/h7-8H,6H2,1-5H3,(H,21,22)(H,17,18,19). The quantitative estimate of drug-likeness (QED) is 0.771. The average molecular weight is 351 g/mol. The minimum atomic E-state index is -1.20. The molecule has 0 atom stereocenters. The van der Waals surface area contributed by atoms with Crippen molar-refractivity contribution in [2.45, 2.75) is 40.2 Å². The summed E-state index contributed by atoms with van der Waals surface area (Å²) in [6.45, 7) is 9.15. The van der Waals surface area contributed by atoms with E-state index in [1.54, 1.807) is 20.8 Å². The van der Waals surface area contributed by atoms with E-state index in [1.165, 1.54) is 17.7 Å². The molecule has 2 N–H and O–H groups in total. The third kappa shape index (κ3) is 3.64. The predicted octanol–water partition coefficient (Wildman–Crippen LogP) is 3.09. The maximum atomic E-state index is 12.3. The van der Waals surface area contributed by atoms with Gasteiger partial charge in [-0.05, 0) is 32.3 Å². The van der Waals surface area contributed by atoms with Crippen LogP contribution in [0.25, 0.3) is 10.2 Å². The molecule has 0 radical (unpaired) electrons. The number of aromatic nitrogens is 2. The van der Waals surface area contributed by atoms with Crippen molar-refractivity contribution < 1.29 is 19.4 Å². The number of hydrogen-bond acceptors (Lipinski definition) is 7. The van der Waals surface area contributed by atoms with Crippen molar-refractivity contribution in [1.82, 2.24) is 9.97 Å². The molecule has 0 bridgehead atoms. The van der Waals surface area contributed by atoms with Gasteiger partial charge in [-0.25, -0.2) is 19.6 Å². The minimum Gasteiger partial charge on any atom is -0.480 e. The van der Waals surface area contributed by atoms with Crippen LogP contribution < -0.4 is 5.32 Å². The number of nitrogens with zero attached hydrogens (tertiary/aromatic N) is 2. The maximum absolute atomic E-state index is 12.3. The van der Waals surface area contributed by atoms with E-state index in [9.17, 15) is 14.7 Å². The van der Waals surface area contributed by atoms with E-state index >= 15 is 0 Å². The fourth-order valence-electron chi connectivity index (χ4n) is 2.02. The number of anilines is 1.